The van der Waals surface area contributed by atoms with E-state index < -0.39 is 0 Å². The summed E-state index contributed by atoms with van der Waals surface area (Å²) >= 11 is 0. The van der Waals surface area contributed by atoms with E-state index in [-0.39, 0.29) is 0 Å². The molecule has 13 heavy (non-hydrogen) atoms. The van der Waals surface area contributed by atoms with Crippen molar-refractivity contribution in [3.05, 3.63) is 0 Å². The predicted octanol–water partition coefficient (Wildman–Crippen LogP) is 3.20. The van der Waals surface area contributed by atoms with Crippen molar-refractivity contribution in [1.29, 1.82) is 0 Å². The summed E-state index contributed by atoms with van der Waals surface area (Å²) in [5.41, 5.74) is 0. The molecule has 0 radical (unpaired) electrons. The Morgan fingerprint density at radius 1 is 1.38 bits per heavy atom. The fraction of sp³-hybridized carbons (Fsp3) is 1.00. The van der Waals surface area contributed by atoms with Crippen LogP contribution in [0.2, 0.25) is 0 Å². The molecule has 0 spiro atoms. The van der Waals surface area contributed by atoms with Gasteiger partial charge in [-0.15, -0.1) is 0 Å². The van der Waals surface area contributed by atoms with E-state index in [4.69, 9.17) is 0 Å². The molecule has 1 N–H and O–H groups in total. The molecule has 1 aliphatic heterocycles. The second kappa shape index (κ2) is 5.64. The Labute approximate surface area is 83.3 Å². The number of nitrogens with one attached hydrogen (secondary N) is 1. The molecule has 0 saturated carbocycles. The molecular weight excluding hydrogens is 158 g/mol. The van der Waals surface area contributed by atoms with E-state index in [0.29, 0.717) is 0 Å². The summed E-state index contributed by atoms with van der Waals surface area (Å²) in [5, 5.41) is 3.66. The van der Waals surface area contributed by atoms with Crippen molar-refractivity contribution in [3.63, 3.8) is 0 Å². The largest absolute Gasteiger partial charge is 0.314 e. The van der Waals surface area contributed by atoms with Gasteiger partial charge in [0, 0.05) is 6.04 Å². The van der Waals surface area contributed by atoms with E-state index in [2.05, 4.69) is 26.1 Å². The van der Waals surface area contributed by atoms with Crippen molar-refractivity contribution >= 4 is 0 Å². The van der Waals surface area contributed by atoms with E-state index in [1.54, 1.807) is 0 Å². The molecule has 0 aliphatic carbocycles. The van der Waals surface area contributed by atoms with Gasteiger partial charge in [0.15, 0.2) is 0 Å². The molecule has 3 atom stereocenters. The van der Waals surface area contributed by atoms with Crippen LogP contribution >= 0.6 is 0 Å². The maximum absolute atomic E-state index is 3.66. The van der Waals surface area contributed by atoms with Crippen molar-refractivity contribution in [2.24, 2.45) is 11.8 Å². The molecule has 0 amide bonds. The monoisotopic (exact) mass is 183 g/mol. The van der Waals surface area contributed by atoms with Gasteiger partial charge in [-0.3, -0.25) is 0 Å². The van der Waals surface area contributed by atoms with Crippen molar-refractivity contribution in [2.45, 2.75) is 58.9 Å². The normalized spacial score (nSPS) is 31.6. The molecule has 1 aliphatic rings. The Kier molecular flexibility index (Phi) is 4.79. The van der Waals surface area contributed by atoms with Gasteiger partial charge in [0.05, 0.1) is 0 Å². The lowest BCUT2D eigenvalue weighted by Crippen LogP contribution is -2.38. The zero-order valence-electron chi connectivity index (χ0n) is 9.47. The van der Waals surface area contributed by atoms with Crippen LogP contribution in [0, 0.1) is 11.8 Å². The third-order valence-corrected chi connectivity index (χ3v) is 3.23. The molecule has 1 nitrogen and oxygen atoms in total. The van der Waals surface area contributed by atoms with E-state index in [0.717, 1.165) is 17.9 Å². The van der Waals surface area contributed by atoms with Crippen LogP contribution in [-0.2, 0) is 0 Å². The van der Waals surface area contributed by atoms with E-state index in [1.807, 2.05) is 0 Å². The fourth-order valence-electron chi connectivity index (χ4n) is 2.36. The minimum absolute atomic E-state index is 0.817. The predicted molar refractivity (Wildman–Crippen MR) is 58.9 cm³/mol. The van der Waals surface area contributed by atoms with Crippen LogP contribution in [0.15, 0.2) is 0 Å². The highest BCUT2D eigenvalue weighted by Crippen LogP contribution is 2.20. The summed E-state index contributed by atoms with van der Waals surface area (Å²) < 4.78 is 0. The maximum atomic E-state index is 3.66. The Morgan fingerprint density at radius 2 is 2.15 bits per heavy atom. The minimum atomic E-state index is 0.817. The van der Waals surface area contributed by atoms with Crippen LogP contribution in [-0.4, -0.2) is 12.6 Å². The van der Waals surface area contributed by atoms with E-state index in [9.17, 15) is 0 Å². The van der Waals surface area contributed by atoms with Crippen LogP contribution in [0.25, 0.3) is 0 Å². The quantitative estimate of drug-likeness (QED) is 0.706. The first-order valence-corrected chi connectivity index (χ1v) is 5.95. The van der Waals surface area contributed by atoms with Crippen LogP contribution in [0.4, 0.5) is 0 Å². The molecule has 0 aromatic carbocycles. The molecule has 78 valence electrons. The average Bonchev–Trinajstić information content (AvgIpc) is 2.09. The third kappa shape index (κ3) is 4.12. The zero-order valence-corrected chi connectivity index (χ0v) is 9.47. The van der Waals surface area contributed by atoms with Gasteiger partial charge >= 0.3 is 0 Å². The topological polar surface area (TPSA) is 12.0 Å². The first-order valence-electron chi connectivity index (χ1n) is 5.95. The summed E-state index contributed by atoms with van der Waals surface area (Å²) in [6.45, 7) is 8.26. The van der Waals surface area contributed by atoms with Crippen LogP contribution in [0.5, 0.6) is 0 Å². The molecule has 0 bridgehead atoms. The molecule has 1 fully saturated rings. The Bertz CT molecular complexity index is 125. The van der Waals surface area contributed by atoms with E-state index >= 15 is 0 Å². The second-order valence-corrected chi connectivity index (χ2v) is 4.92. The van der Waals surface area contributed by atoms with Crippen LogP contribution < -0.4 is 5.32 Å². The number of piperidine rings is 1. The van der Waals surface area contributed by atoms with E-state index in [1.165, 1.54) is 38.6 Å². The zero-order chi connectivity index (χ0) is 9.68. The summed E-state index contributed by atoms with van der Waals surface area (Å²) in [4.78, 5) is 0. The lowest BCUT2D eigenvalue weighted by Gasteiger charge is -2.29. The second-order valence-electron chi connectivity index (χ2n) is 4.92. The summed E-state index contributed by atoms with van der Waals surface area (Å²) in [6, 6.07) is 0.817. The molecule has 0 aromatic heterocycles. The van der Waals surface area contributed by atoms with Gasteiger partial charge in [-0.1, -0.05) is 33.6 Å². The molecule has 1 heterocycles. The molecule has 1 saturated heterocycles. The Morgan fingerprint density at radius 3 is 2.69 bits per heavy atom. The van der Waals surface area contributed by atoms with Crippen LogP contribution in [0.1, 0.15) is 52.9 Å². The number of rotatable bonds is 4. The van der Waals surface area contributed by atoms with Gasteiger partial charge in [0.2, 0.25) is 0 Å². The highest BCUT2D eigenvalue weighted by Gasteiger charge is 2.18. The van der Waals surface area contributed by atoms with Gasteiger partial charge < -0.3 is 5.32 Å². The molecular formula is C12H25N. The lowest BCUT2D eigenvalue weighted by molar-refractivity contribution is 0.283. The lowest BCUT2D eigenvalue weighted by atomic mass is 9.89. The van der Waals surface area contributed by atoms with Gasteiger partial charge in [0.25, 0.3) is 0 Å². The summed E-state index contributed by atoms with van der Waals surface area (Å²) in [7, 11) is 0. The smallest absolute Gasteiger partial charge is 0.00698 e. The standard InChI is InChI=1S/C12H25N/c1-4-5-10(2)8-12-7-6-11(3)9-13-12/h10-13H,4-9H2,1-3H3. The highest BCUT2D eigenvalue weighted by molar-refractivity contribution is 4.77. The molecule has 3 unspecified atom stereocenters. The van der Waals surface area contributed by atoms with Crippen molar-refractivity contribution in [3.8, 4) is 0 Å². The van der Waals surface area contributed by atoms with Gasteiger partial charge in [-0.05, 0) is 37.6 Å². The van der Waals surface area contributed by atoms with Gasteiger partial charge in [-0.2, -0.15) is 0 Å². The summed E-state index contributed by atoms with van der Waals surface area (Å²) in [5.74, 6) is 1.81. The van der Waals surface area contributed by atoms with Crippen molar-refractivity contribution in [2.75, 3.05) is 6.54 Å². The van der Waals surface area contributed by atoms with Crippen molar-refractivity contribution < 1.29 is 0 Å². The number of hydrogen-bond donors (Lipinski definition) is 1. The number of hydrogen-bond acceptors (Lipinski definition) is 1. The average molecular weight is 183 g/mol. The Hall–Kier alpha value is -0.0400. The minimum Gasteiger partial charge on any atom is -0.314 e. The van der Waals surface area contributed by atoms with Gasteiger partial charge in [-0.25, -0.2) is 0 Å². The molecule has 1 rings (SSSR count). The molecule has 0 aromatic rings. The Balaban J connectivity index is 2.14. The van der Waals surface area contributed by atoms with Gasteiger partial charge in [0.1, 0.15) is 0 Å². The molecule has 1 heteroatoms. The summed E-state index contributed by atoms with van der Waals surface area (Å²) in [6.07, 6.45) is 6.95. The van der Waals surface area contributed by atoms with Crippen molar-refractivity contribution in [1.82, 2.24) is 5.32 Å². The fourth-order valence-corrected chi connectivity index (χ4v) is 2.36. The first kappa shape index (κ1) is 11.0. The van der Waals surface area contributed by atoms with Crippen LogP contribution in [0.3, 0.4) is 0 Å². The maximum Gasteiger partial charge on any atom is 0.00698 e. The SMILES string of the molecule is CCCC(C)CC1CCC(C)CN1. The highest BCUT2D eigenvalue weighted by atomic mass is 14.9. The first-order chi connectivity index (χ1) is 6.22. The third-order valence-electron chi connectivity index (χ3n) is 3.23.